The van der Waals surface area contributed by atoms with Crippen molar-refractivity contribution in [2.75, 3.05) is 20.1 Å². The fourth-order valence-electron chi connectivity index (χ4n) is 2.57. The van der Waals surface area contributed by atoms with E-state index in [1.54, 1.807) is 6.92 Å². The Balaban J connectivity index is 2.22. The highest BCUT2D eigenvalue weighted by Gasteiger charge is 2.48. The highest BCUT2D eigenvalue weighted by atomic mass is 32.3. The van der Waals surface area contributed by atoms with E-state index in [4.69, 9.17) is 10.3 Å². The first-order valence-corrected chi connectivity index (χ1v) is 9.81. The summed E-state index contributed by atoms with van der Waals surface area (Å²) in [5.74, 6) is -0.268. The first kappa shape index (κ1) is 18.9. The van der Waals surface area contributed by atoms with Crippen LogP contribution in [0.15, 0.2) is 4.40 Å². The van der Waals surface area contributed by atoms with Crippen LogP contribution >= 0.6 is 0 Å². The molecule has 2 bridgehead atoms. The topological polar surface area (TPSA) is 163 Å². The SMILES string of the molecule is CCN(C)S(=O)(=O)N=C(N)C1CCC2CN1C(=O)N2OS(=O)(=O)O. The number of rotatable bonds is 6. The standard InChI is InChI=1S/C10H19N5O7S2/c1-3-13(2)23(17,18)12-9(11)8-5-4-7-6-14(8)10(16)15(7)22-24(19,20)21/h7-8H,3-6H2,1-2H3,(H2,11,12)(H,19,20,21). The minimum Gasteiger partial charge on any atom is -0.385 e. The average Bonchev–Trinajstić information content (AvgIpc) is 2.69. The van der Waals surface area contributed by atoms with Gasteiger partial charge in [-0.1, -0.05) is 6.92 Å². The molecule has 24 heavy (non-hydrogen) atoms. The Labute approximate surface area is 139 Å². The van der Waals surface area contributed by atoms with E-state index in [9.17, 15) is 21.6 Å². The van der Waals surface area contributed by atoms with Gasteiger partial charge in [-0.05, 0) is 12.8 Å². The molecule has 2 rings (SSSR count). The number of hydrogen-bond donors (Lipinski definition) is 2. The van der Waals surface area contributed by atoms with Crippen LogP contribution in [0.2, 0.25) is 0 Å². The van der Waals surface area contributed by atoms with Crippen molar-refractivity contribution in [3.63, 3.8) is 0 Å². The molecule has 0 saturated carbocycles. The molecule has 2 heterocycles. The number of nitrogens with zero attached hydrogens (tertiary/aromatic N) is 4. The van der Waals surface area contributed by atoms with Crippen LogP contribution in [0.3, 0.4) is 0 Å². The number of fused-ring (bicyclic) bond motifs is 2. The maximum Gasteiger partial charge on any atom is 0.418 e. The Morgan fingerprint density at radius 2 is 2.04 bits per heavy atom. The van der Waals surface area contributed by atoms with Gasteiger partial charge in [-0.2, -0.15) is 26.2 Å². The van der Waals surface area contributed by atoms with Crippen LogP contribution in [-0.2, 0) is 24.9 Å². The second-order valence-corrected chi connectivity index (χ2v) is 8.12. The lowest BCUT2D eigenvalue weighted by Crippen LogP contribution is -2.48. The normalized spacial score (nSPS) is 25.7. The van der Waals surface area contributed by atoms with E-state index in [2.05, 4.69) is 8.68 Å². The predicted octanol–water partition coefficient (Wildman–Crippen LogP) is -1.46. The maximum atomic E-state index is 12.2. The van der Waals surface area contributed by atoms with E-state index in [0.29, 0.717) is 11.5 Å². The van der Waals surface area contributed by atoms with Crippen LogP contribution in [0.5, 0.6) is 0 Å². The van der Waals surface area contributed by atoms with Gasteiger partial charge >= 0.3 is 26.6 Å². The molecule has 12 nitrogen and oxygen atoms in total. The van der Waals surface area contributed by atoms with Crippen LogP contribution < -0.4 is 5.73 Å². The van der Waals surface area contributed by atoms with Gasteiger partial charge in [0.2, 0.25) is 0 Å². The molecule has 0 radical (unpaired) electrons. The lowest BCUT2D eigenvalue weighted by Gasteiger charge is -2.29. The first-order valence-electron chi connectivity index (χ1n) is 7.04. The number of amidine groups is 1. The monoisotopic (exact) mass is 385 g/mol. The third kappa shape index (κ3) is 3.77. The van der Waals surface area contributed by atoms with Crippen molar-refractivity contribution in [1.29, 1.82) is 0 Å². The van der Waals surface area contributed by atoms with Gasteiger partial charge in [0.1, 0.15) is 5.84 Å². The summed E-state index contributed by atoms with van der Waals surface area (Å²) in [4.78, 5) is 13.4. The molecule has 2 aliphatic heterocycles. The molecule has 0 aliphatic carbocycles. The molecule has 0 aromatic heterocycles. The fourth-order valence-corrected chi connectivity index (χ4v) is 3.81. The molecule has 3 N–H and O–H groups in total. The van der Waals surface area contributed by atoms with Gasteiger partial charge in [0.05, 0.1) is 12.1 Å². The number of hydroxylamine groups is 2. The summed E-state index contributed by atoms with van der Waals surface area (Å²) in [6.07, 6.45) is 0.588. The zero-order valence-electron chi connectivity index (χ0n) is 13.1. The molecule has 2 amide bonds. The summed E-state index contributed by atoms with van der Waals surface area (Å²) in [7, 11) is -7.47. The quantitative estimate of drug-likeness (QED) is 0.318. The third-order valence-corrected chi connectivity index (χ3v) is 5.74. The summed E-state index contributed by atoms with van der Waals surface area (Å²) >= 11 is 0. The number of carbonyl (C=O) groups is 1. The molecule has 2 fully saturated rings. The number of piperidine rings is 1. The van der Waals surface area contributed by atoms with Gasteiger partial charge in [0, 0.05) is 20.1 Å². The van der Waals surface area contributed by atoms with Crippen molar-refractivity contribution in [2.45, 2.75) is 31.8 Å². The van der Waals surface area contributed by atoms with Gasteiger partial charge in [-0.15, -0.1) is 8.68 Å². The summed E-state index contributed by atoms with van der Waals surface area (Å²) in [5, 5.41) is 0.551. The van der Waals surface area contributed by atoms with Crippen molar-refractivity contribution in [1.82, 2.24) is 14.3 Å². The number of hydrogen-bond acceptors (Lipinski definition) is 6. The summed E-state index contributed by atoms with van der Waals surface area (Å²) in [6.45, 7) is 1.91. The molecular weight excluding hydrogens is 366 g/mol. The number of carbonyl (C=O) groups excluding carboxylic acids is 1. The van der Waals surface area contributed by atoms with Crippen LogP contribution in [0, 0.1) is 0 Å². The Hall–Kier alpha value is -1.48. The van der Waals surface area contributed by atoms with Crippen LogP contribution in [0.4, 0.5) is 4.79 Å². The minimum atomic E-state index is -4.85. The van der Waals surface area contributed by atoms with Gasteiger partial charge in [-0.25, -0.2) is 4.79 Å². The molecule has 138 valence electrons. The summed E-state index contributed by atoms with van der Waals surface area (Å²) in [5.41, 5.74) is 5.77. The van der Waals surface area contributed by atoms with Crippen molar-refractivity contribution in [2.24, 2.45) is 10.1 Å². The van der Waals surface area contributed by atoms with Gasteiger partial charge in [-0.3, -0.25) is 4.55 Å². The maximum absolute atomic E-state index is 12.2. The van der Waals surface area contributed by atoms with Crippen LogP contribution in [0.25, 0.3) is 0 Å². The zero-order chi connectivity index (χ0) is 18.3. The fraction of sp³-hybridized carbons (Fsp3) is 0.800. The van der Waals surface area contributed by atoms with Gasteiger partial charge in [0.25, 0.3) is 0 Å². The molecular formula is C10H19N5O7S2. The Morgan fingerprint density at radius 3 is 2.58 bits per heavy atom. The second kappa shape index (κ2) is 6.44. The molecule has 0 aromatic carbocycles. The molecule has 14 heteroatoms. The largest absolute Gasteiger partial charge is 0.418 e. The number of urea groups is 1. The summed E-state index contributed by atoms with van der Waals surface area (Å²) in [6, 6.07) is -2.22. The van der Waals surface area contributed by atoms with Crippen molar-refractivity contribution >= 4 is 32.5 Å². The van der Waals surface area contributed by atoms with E-state index in [-0.39, 0.29) is 25.3 Å². The Kier molecular flexibility index (Phi) is 5.06. The Bertz CT molecular complexity index is 750. The molecule has 2 saturated heterocycles. The van der Waals surface area contributed by atoms with Gasteiger partial charge < -0.3 is 10.6 Å². The molecule has 2 aliphatic rings. The highest BCUT2D eigenvalue weighted by molar-refractivity contribution is 7.87. The predicted molar refractivity (Wildman–Crippen MR) is 82.2 cm³/mol. The lowest BCUT2D eigenvalue weighted by molar-refractivity contribution is -0.0316. The smallest absolute Gasteiger partial charge is 0.385 e. The van der Waals surface area contributed by atoms with E-state index < -0.39 is 38.7 Å². The van der Waals surface area contributed by atoms with Crippen LogP contribution in [0.1, 0.15) is 19.8 Å². The van der Waals surface area contributed by atoms with E-state index in [0.717, 1.165) is 4.31 Å². The zero-order valence-corrected chi connectivity index (χ0v) is 14.7. The highest BCUT2D eigenvalue weighted by Crippen LogP contribution is 2.30. The minimum absolute atomic E-state index is 0.0822. The molecule has 2 unspecified atom stereocenters. The van der Waals surface area contributed by atoms with Crippen molar-refractivity contribution in [3.8, 4) is 0 Å². The second-order valence-electron chi connectivity index (χ2n) is 5.42. The Morgan fingerprint density at radius 1 is 1.42 bits per heavy atom. The van der Waals surface area contributed by atoms with Crippen molar-refractivity contribution in [3.05, 3.63) is 0 Å². The number of amides is 2. The molecule has 0 spiro atoms. The lowest BCUT2D eigenvalue weighted by atomic mass is 10.0. The van der Waals surface area contributed by atoms with E-state index in [1.807, 2.05) is 0 Å². The average molecular weight is 385 g/mol. The summed E-state index contributed by atoms with van der Waals surface area (Å²) < 4.78 is 63.1. The van der Waals surface area contributed by atoms with Crippen LogP contribution in [-0.4, -0.2) is 79.7 Å². The number of nitrogens with two attached hydrogens (primary N) is 1. The first-order chi connectivity index (χ1) is 11.0. The van der Waals surface area contributed by atoms with Gasteiger partial charge in [0.15, 0.2) is 0 Å². The van der Waals surface area contributed by atoms with E-state index >= 15 is 0 Å². The molecule has 2 atom stereocenters. The molecule has 0 aromatic rings. The third-order valence-electron chi connectivity index (χ3n) is 3.90. The van der Waals surface area contributed by atoms with Crippen molar-refractivity contribution < 1.29 is 30.5 Å². The van der Waals surface area contributed by atoms with E-state index in [1.165, 1.54) is 11.9 Å².